The van der Waals surface area contributed by atoms with Crippen molar-refractivity contribution in [3.8, 4) is 0 Å². The van der Waals surface area contributed by atoms with Gasteiger partial charge < -0.3 is 5.21 Å². The molecule has 1 aliphatic carbocycles. The molecule has 44 valence electrons. The molecule has 0 radical (unpaired) electrons. The van der Waals surface area contributed by atoms with E-state index >= 15 is 0 Å². The van der Waals surface area contributed by atoms with Crippen LogP contribution in [0.15, 0.2) is 0 Å². The van der Waals surface area contributed by atoms with Gasteiger partial charge in [0, 0.05) is 5.88 Å². The summed E-state index contributed by atoms with van der Waals surface area (Å²) in [5.74, 6) is 5.29. The van der Waals surface area contributed by atoms with Crippen molar-refractivity contribution < 1.29 is 5.21 Å². The van der Waals surface area contributed by atoms with Gasteiger partial charge in [-0.1, -0.05) is 0 Å². The molecule has 0 aliphatic heterocycles. The Bertz CT molecular complexity index is 38.7. The normalized spacial score (nSPS) is 17.6. The number of alkyl halides is 1. The third-order valence-corrected chi connectivity index (χ3v) is 1.35. The van der Waals surface area contributed by atoms with Gasteiger partial charge in [0.15, 0.2) is 0 Å². The highest BCUT2D eigenvalue weighted by Crippen LogP contribution is 2.29. The van der Waals surface area contributed by atoms with E-state index in [-0.39, 0.29) is 0 Å². The summed E-state index contributed by atoms with van der Waals surface area (Å²) < 4.78 is 0. The summed E-state index contributed by atoms with van der Waals surface area (Å²) in [5, 5.41) is 6.50. The van der Waals surface area contributed by atoms with Crippen LogP contribution in [0.3, 0.4) is 0 Å². The molecule has 0 bridgehead atoms. The Morgan fingerprint density at radius 1 is 1.57 bits per heavy atom. The summed E-state index contributed by atoms with van der Waals surface area (Å²) in [6.45, 7) is 0. The van der Waals surface area contributed by atoms with Crippen molar-refractivity contribution in [1.82, 2.24) is 0 Å². The highest BCUT2D eigenvalue weighted by Gasteiger charge is 2.18. The summed E-state index contributed by atoms with van der Waals surface area (Å²) in [6.07, 6.45) is 2.76. The maximum atomic E-state index is 6.50. The van der Waals surface area contributed by atoms with E-state index in [2.05, 4.69) is 5.90 Å². The van der Waals surface area contributed by atoms with Crippen LogP contribution in [0.2, 0.25) is 0 Å². The van der Waals surface area contributed by atoms with Crippen molar-refractivity contribution in [2.75, 3.05) is 5.88 Å². The standard InChI is InChI=1S/C4H7Cl.H3NO/c5-3-4-1-2-4;1-2/h4H,1-3H2;2H,1H2. The Labute approximate surface area is 48.2 Å². The number of hydrogen-bond acceptors (Lipinski definition) is 2. The molecule has 0 aromatic carbocycles. The topological polar surface area (TPSA) is 46.2 Å². The summed E-state index contributed by atoms with van der Waals surface area (Å²) in [4.78, 5) is 0. The van der Waals surface area contributed by atoms with Gasteiger partial charge in [-0.25, -0.2) is 5.90 Å². The second kappa shape index (κ2) is 4.37. The lowest BCUT2D eigenvalue weighted by atomic mass is 10.5. The van der Waals surface area contributed by atoms with Crippen LogP contribution in [0.1, 0.15) is 12.8 Å². The smallest absolute Gasteiger partial charge is 0.0251 e. The van der Waals surface area contributed by atoms with Crippen LogP contribution in [0.5, 0.6) is 0 Å². The van der Waals surface area contributed by atoms with Crippen molar-refractivity contribution in [2.24, 2.45) is 11.8 Å². The van der Waals surface area contributed by atoms with E-state index in [4.69, 9.17) is 16.8 Å². The molecular formula is C4H10ClNO. The molecule has 0 aromatic rings. The van der Waals surface area contributed by atoms with Crippen LogP contribution in [0, 0.1) is 5.92 Å². The summed E-state index contributed by atoms with van der Waals surface area (Å²) in [6, 6.07) is 0. The molecule has 1 aliphatic rings. The fourth-order valence-electron chi connectivity index (χ4n) is 0.272. The lowest BCUT2D eigenvalue weighted by Gasteiger charge is -1.70. The number of halogens is 1. The molecule has 1 fully saturated rings. The minimum Gasteiger partial charge on any atom is -0.320 e. The van der Waals surface area contributed by atoms with Crippen LogP contribution in [-0.4, -0.2) is 11.1 Å². The fourth-order valence-corrected chi connectivity index (χ4v) is 0.581. The second-order valence-electron chi connectivity index (χ2n) is 1.60. The van der Waals surface area contributed by atoms with Crippen molar-refractivity contribution in [2.45, 2.75) is 12.8 Å². The highest BCUT2D eigenvalue weighted by molar-refractivity contribution is 6.18. The van der Waals surface area contributed by atoms with Gasteiger partial charge in [0.05, 0.1) is 0 Å². The van der Waals surface area contributed by atoms with Gasteiger partial charge in [-0.3, -0.25) is 0 Å². The predicted octanol–water partition coefficient (Wildman–Crippen LogP) is 0.970. The minimum absolute atomic E-state index is 0.889. The molecule has 0 unspecified atom stereocenters. The van der Waals surface area contributed by atoms with Gasteiger partial charge in [0.25, 0.3) is 0 Å². The first-order chi connectivity index (χ1) is 3.43. The lowest BCUT2D eigenvalue weighted by Crippen LogP contribution is -1.72. The van der Waals surface area contributed by atoms with Crippen LogP contribution < -0.4 is 5.90 Å². The monoisotopic (exact) mass is 123 g/mol. The molecule has 3 heteroatoms. The highest BCUT2D eigenvalue weighted by atomic mass is 35.5. The van der Waals surface area contributed by atoms with E-state index in [1.165, 1.54) is 12.8 Å². The molecule has 0 aromatic heterocycles. The zero-order valence-corrected chi connectivity index (χ0v) is 4.86. The van der Waals surface area contributed by atoms with E-state index in [1.807, 2.05) is 0 Å². The Kier molecular flexibility index (Phi) is 4.50. The quantitative estimate of drug-likeness (QED) is 0.403. The van der Waals surface area contributed by atoms with Gasteiger partial charge in [0.2, 0.25) is 0 Å². The third kappa shape index (κ3) is 4.05. The summed E-state index contributed by atoms with van der Waals surface area (Å²) in [7, 11) is 0. The molecule has 2 nitrogen and oxygen atoms in total. The Morgan fingerprint density at radius 3 is 2.00 bits per heavy atom. The maximum absolute atomic E-state index is 6.50. The van der Waals surface area contributed by atoms with E-state index in [0.29, 0.717) is 0 Å². The zero-order chi connectivity index (χ0) is 5.70. The van der Waals surface area contributed by atoms with Crippen molar-refractivity contribution in [3.05, 3.63) is 0 Å². The molecule has 1 saturated carbocycles. The third-order valence-electron chi connectivity index (χ3n) is 0.915. The van der Waals surface area contributed by atoms with Gasteiger partial charge >= 0.3 is 0 Å². The minimum atomic E-state index is 0.889. The predicted molar refractivity (Wildman–Crippen MR) is 29.4 cm³/mol. The average Bonchev–Trinajstić information content (AvgIpc) is 2.52. The van der Waals surface area contributed by atoms with Crippen LogP contribution in [0.4, 0.5) is 0 Å². The maximum Gasteiger partial charge on any atom is 0.0251 e. The summed E-state index contributed by atoms with van der Waals surface area (Å²) in [5.41, 5.74) is 0. The SMILES string of the molecule is ClCC1CC1.NO. The zero-order valence-electron chi connectivity index (χ0n) is 4.10. The van der Waals surface area contributed by atoms with Crippen LogP contribution >= 0.6 is 11.6 Å². The fraction of sp³-hybridized carbons (Fsp3) is 1.00. The Morgan fingerprint density at radius 2 is 2.00 bits per heavy atom. The van der Waals surface area contributed by atoms with Gasteiger partial charge in [-0.05, 0) is 18.8 Å². The Hall–Kier alpha value is 0.210. The largest absolute Gasteiger partial charge is 0.320 e. The molecule has 0 amide bonds. The van der Waals surface area contributed by atoms with Crippen molar-refractivity contribution in [1.29, 1.82) is 0 Å². The first-order valence-corrected chi connectivity index (χ1v) is 2.78. The molecular weight excluding hydrogens is 114 g/mol. The Balaban J connectivity index is 0.000000162. The lowest BCUT2D eigenvalue weighted by molar-refractivity contribution is 0.311. The number of hydrogen-bond donors (Lipinski definition) is 2. The average molecular weight is 124 g/mol. The molecule has 3 N–H and O–H groups in total. The van der Waals surface area contributed by atoms with Crippen LogP contribution in [-0.2, 0) is 0 Å². The van der Waals surface area contributed by atoms with Gasteiger partial charge in [-0.2, -0.15) is 0 Å². The second-order valence-corrected chi connectivity index (χ2v) is 1.91. The van der Waals surface area contributed by atoms with Crippen molar-refractivity contribution >= 4 is 11.6 Å². The van der Waals surface area contributed by atoms with E-state index in [1.54, 1.807) is 0 Å². The first-order valence-electron chi connectivity index (χ1n) is 2.25. The van der Waals surface area contributed by atoms with Crippen LogP contribution in [0.25, 0.3) is 0 Å². The van der Waals surface area contributed by atoms with E-state index < -0.39 is 0 Å². The molecule has 0 atom stereocenters. The van der Waals surface area contributed by atoms with E-state index in [9.17, 15) is 0 Å². The molecule has 0 saturated heterocycles. The van der Waals surface area contributed by atoms with Gasteiger partial charge in [-0.15, -0.1) is 11.6 Å². The number of rotatable bonds is 1. The number of nitrogens with two attached hydrogens (primary N) is 1. The summed E-state index contributed by atoms with van der Waals surface area (Å²) >= 11 is 5.40. The molecule has 1 rings (SSSR count). The van der Waals surface area contributed by atoms with Crippen molar-refractivity contribution in [3.63, 3.8) is 0 Å². The van der Waals surface area contributed by atoms with Gasteiger partial charge in [0.1, 0.15) is 0 Å². The van der Waals surface area contributed by atoms with E-state index in [0.717, 1.165) is 11.8 Å². The molecule has 0 heterocycles. The molecule has 0 spiro atoms. The molecule has 7 heavy (non-hydrogen) atoms. The first kappa shape index (κ1) is 7.21.